The first-order valence-corrected chi connectivity index (χ1v) is 6.13. The number of pyridine rings is 1. The van der Waals surface area contributed by atoms with Gasteiger partial charge in [-0.05, 0) is 49.0 Å². The number of rotatable bonds is 4. The normalized spacial score (nSPS) is 11.8. The van der Waals surface area contributed by atoms with E-state index >= 15 is 0 Å². The fourth-order valence-corrected chi connectivity index (χ4v) is 1.81. The van der Waals surface area contributed by atoms with Crippen LogP contribution in [0.2, 0.25) is 0 Å². The van der Waals surface area contributed by atoms with Crippen LogP contribution >= 0.6 is 12.2 Å². The molecule has 2 heterocycles. The molecule has 4 nitrogen and oxygen atoms in total. The lowest BCUT2D eigenvalue weighted by molar-refractivity contribution is 0.501. The number of furan rings is 1. The number of thiocarbonyl (C=S) groups is 1. The van der Waals surface area contributed by atoms with Crippen LogP contribution in [0.3, 0.4) is 0 Å². The largest absolute Gasteiger partial charge is 0.467 e. The highest BCUT2D eigenvalue weighted by atomic mass is 32.1. The molecule has 1 unspecified atom stereocenters. The molecule has 18 heavy (non-hydrogen) atoms. The van der Waals surface area contributed by atoms with E-state index in [1.807, 2.05) is 24.3 Å². The van der Waals surface area contributed by atoms with E-state index in [1.165, 1.54) is 0 Å². The van der Waals surface area contributed by atoms with E-state index in [9.17, 15) is 0 Å². The Morgan fingerprint density at radius 3 is 2.83 bits per heavy atom. The lowest BCUT2D eigenvalue weighted by atomic mass is 10.1. The first kappa shape index (κ1) is 12.6. The predicted octanol–water partition coefficient (Wildman–Crippen LogP) is 2.40. The van der Waals surface area contributed by atoms with Crippen LogP contribution in [0.4, 0.5) is 0 Å². The maximum absolute atomic E-state index is 5.22. The molecule has 1 atom stereocenters. The van der Waals surface area contributed by atoms with Crippen LogP contribution in [-0.2, 0) is 6.54 Å². The third-order valence-electron chi connectivity index (χ3n) is 2.56. The van der Waals surface area contributed by atoms with E-state index < -0.39 is 0 Å². The predicted molar refractivity (Wildman–Crippen MR) is 73.9 cm³/mol. The lowest BCUT2D eigenvalue weighted by Crippen LogP contribution is -2.36. The third-order valence-corrected chi connectivity index (χ3v) is 2.82. The van der Waals surface area contributed by atoms with Gasteiger partial charge in [-0.15, -0.1) is 0 Å². The molecule has 2 N–H and O–H groups in total. The van der Waals surface area contributed by atoms with Gasteiger partial charge >= 0.3 is 0 Å². The van der Waals surface area contributed by atoms with Gasteiger partial charge in [0.05, 0.1) is 18.8 Å². The van der Waals surface area contributed by atoms with Crippen molar-refractivity contribution in [2.75, 3.05) is 0 Å². The van der Waals surface area contributed by atoms with Crippen molar-refractivity contribution in [1.82, 2.24) is 15.6 Å². The fourth-order valence-electron chi connectivity index (χ4n) is 1.56. The summed E-state index contributed by atoms with van der Waals surface area (Å²) in [6, 6.07) is 7.83. The summed E-state index contributed by atoms with van der Waals surface area (Å²) in [6.45, 7) is 2.64. The summed E-state index contributed by atoms with van der Waals surface area (Å²) in [4.78, 5) is 3.99. The molecule has 0 spiro atoms. The average molecular weight is 261 g/mol. The molecule has 2 aromatic rings. The van der Waals surface area contributed by atoms with Gasteiger partial charge in [0, 0.05) is 12.4 Å². The molecule has 0 radical (unpaired) electrons. The van der Waals surface area contributed by atoms with Gasteiger partial charge in [-0.2, -0.15) is 0 Å². The van der Waals surface area contributed by atoms with Gasteiger partial charge in [-0.3, -0.25) is 4.98 Å². The second kappa shape index (κ2) is 6.16. The van der Waals surface area contributed by atoms with Crippen molar-refractivity contribution in [2.45, 2.75) is 19.5 Å². The van der Waals surface area contributed by atoms with Crippen LogP contribution in [0, 0.1) is 0 Å². The highest BCUT2D eigenvalue weighted by Crippen LogP contribution is 2.09. The van der Waals surface area contributed by atoms with Gasteiger partial charge in [-0.1, -0.05) is 0 Å². The van der Waals surface area contributed by atoms with Crippen LogP contribution < -0.4 is 10.6 Å². The number of nitrogens with zero attached hydrogens (tertiary/aromatic N) is 1. The molecule has 2 aromatic heterocycles. The molecule has 94 valence electrons. The quantitative estimate of drug-likeness (QED) is 0.828. The van der Waals surface area contributed by atoms with Gasteiger partial charge < -0.3 is 15.1 Å². The van der Waals surface area contributed by atoms with Crippen molar-refractivity contribution in [3.8, 4) is 0 Å². The van der Waals surface area contributed by atoms with Crippen molar-refractivity contribution in [2.24, 2.45) is 0 Å². The third kappa shape index (κ3) is 3.56. The smallest absolute Gasteiger partial charge is 0.167 e. The Morgan fingerprint density at radius 1 is 1.39 bits per heavy atom. The molecule has 0 amide bonds. The molecular weight excluding hydrogens is 246 g/mol. The number of hydrogen-bond acceptors (Lipinski definition) is 3. The highest BCUT2D eigenvalue weighted by molar-refractivity contribution is 7.80. The monoisotopic (exact) mass is 261 g/mol. The number of aromatic nitrogens is 1. The highest BCUT2D eigenvalue weighted by Gasteiger charge is 2.06. The van der Waals surface area contributed by atoms with E-state index in [4.69, 9.17) is 16.6 Å². The summed E-state index contributed by atoms with van der Waals surface area (Å²) in [5, 5.41) is 6.91. The maximum Gasteiger partial charge on any atom is 0.167 e. The Labute approximate surface area is 111 Å². The number of hydrogen-bond donors (Lipinski definition) is 2. The van der Waals surface area contributed by atoms with Crippen molar-refractivity contribution < 1.29 is 4.42 Å². The van der Waals surface area contributed by atoms with Gasteiger partial charge in [0.1, 0.15) is 5.76 Å². The SMILES string of the molecule is CC(NC(=S)NCc1ccco1)c1ccncc1. The van der Waals surface area contributed by atoms with Gasteiger partial charge in [0.15, 0.2) is 5.11 Å². The molecule has 0 aliphatic rings. The summed E-state index contributed by atoms with van der Waals surface area (Å²) in [5.41, 5.74) is 1.15. The Morgan fingerprint density at radius 2 is 2.17 bits per heavy atom. The minimum absolute atomic E-state index is 0.143. The maximum atomic E-state index is 5.22. The minimum Gasteiger partial charge on any atom is -0.467 e. The van der Waals surface area contributed by atoms with E-state index in [1.54, 1.807) is 18.7 Å². The molecule has 0 bridgehead atoms. The van der Waals surface area contributed by atoms with E-state index in [0.717, 1.165) is 11.3 Å². The average Bonchev–Trinajstić information content (AvgIpc) is 2.90. The van der Waals surface area contributed by atoms with Gasteiger partial charge in [0.2, 0.25) is 0 Å². The molecule has 0 aliphatic carbocycles. The molecular formula is C13H15N3OS. The Balaban J connectivity index is 1.80. The van der Waals surface area contributed by atoms with Crippen LogP contribution in [-0.4, -0.2) is 10.1 Å². The first-order valence-electron chi connectivity index (χ1n) is 5.72. The Bertz CT molecular complexity index is 484. The molecule has 0 aromatic carbocycles. The van der Waals surface area contributed by atoms with Crippen molar-refractivity contribution in [3.63, 3.8) is 0 Å². The Kier molecular flexibility index (Phi) is 4.30. The minimum atomic E-state index is 0.143. The standard InChI is InChI=1S/C13H15N3OS/c1-10(11-4-6-14-7-5-11)16-13(18)15-9-12-3-2-8-17-12/h2-8,10H,9H2,1H3,(H2,15,16,18). The van der Waals surface area contributed by atoms with Gasteiger partial charge in [-0.25, -0.2) is 0 Å². The van der Waals surface area contributed by atoms with Crippen LogP contribution in [0.15, 0.2) is 47.3 Å². The van der Waals surface area contributed by atoms with Crippen LogP contribution in [0.5, 0.6) is 0 Å². The molecule has 0 aliphatic heterocycles. The van der Waals surface area contributed by atoms with Crippen LogP contribution in [0.25, 0.3) is 0 Å². The molecule has 0 saturated heterocycles. The fraction of sp³-hybridized carbons (Fsp3) is 0.231. The summed E-state index contributed by atoms with van der Waals surface area (Å²) in [7, 11) is 0. The zero-order valence-electron chi connectivity index (χ0n) is 10.1. The lowest BCUT2D eigenvalue weighted by Gasteiger charge is -2.16. The van der Waals surface area contributed by atoms with Crippen LogP contribution in [0.1, 0.15) is 24.3 Å². The number of nitrogens with one attached hydrogen (secondary N) is 2. The summed E-state index contributed by atoms with van der Waals surface area (Å²) in [6.07, 6.45) is 5.19. The molecule has 5 heteroatoms. The topological polar surface area (TPSA) is 50.1 Å². The van der Waals surface area contributed by atoms with E-state index in [-0.39, 0.29) is 6.04 Å². The zero-order chi connectivity index (χ0) is 12.8. The summed E-state index contributed by atoms with van der Waals surface area (Å²) in [5.74, 6) is 0.857. The molecule has 0 saturated carbocycles. The Hall–Kier alpha value is -1.88. The molecule has 0 fully saturated rings. The zero-order valence-corrected chi connectivity index (χ0v) is 10.9. The van der Waals surface area contributed by atoms with Crippen molar-refractivity contribution >= 4 is 17.3 Å². The second-order valence-electron chi connectivity index (χ2n) is 3.91. The summed E-state index contributed by atoms with van der Waals surface area (Å²) >= 11 is 5.22. The molecule has 2 rings (SSSR count). The summed E-state index contributed by atoms with van der Waals surface area (Å²) < 4.78 is 5.22. The first-order chi connectivity index (χ1) is 8.75. The van der Waals surface area contributed by atoms with Crippen molar-refractivity contribution in [1.29, 1.82) is 0 Å². The van der Waals surface area contributed by atoms with E-state index in [2.05, 4.69) is 22.5 Å². The van der Waals surface area contributed by atoms with Crippen molar-refractivity contribution in [3.05, 3.63) is 54.2 Å². The van der Waals surface area contributed by atoms with Gasteiger partial charge in [0.25, 0.3) is 0 Å². The van der Waals surface area contributed by atoms with E-state index in [0.29, 0.717) is 11.7 Å². The second-order valence-corrected chi connectivity index (χ2v) is 4.32.